The highest BCUT2D eigenvalue weighted by Crippen LogP contribution is 2.30. The van der Waals surface area contributed by atoms with Gasteiger partial charge in [0.25, 0.3) is 0 Å². The number of aryl methyl sites for hydroxylation is 1. The second kappa shape index (κ2) is 5.37. The molecule has 2 rings (SSSR count). The van der Waals surface area contributed by atoms with Crippen LogP contribution in [0.25, 0.3) is 0 Å². The summed E-state index contributed by atoms with van der Waals surface area (Å²) in [5.41, 5.74) is 1.09. The fourth-order valence-corrected chi connectivity index (χ4v) is 3.00. The van der Waals surface area contributed by atoms with E-state index in [1.54, 1.807) is 29.2 Å². The number of nitrogens with zero attached hydrogens (tertiary/aromatic N) is 1. The van der Waals surface area contributed by atoms with Crippen molar-refractivity contribution < 1.29 is 5.11 Å². The predicted octanol–water partition coefficient (Wildman–Crippen LogP) is 3.70. The summed E-state index contributed by atoms with van der Waals surface area (Å²) in [6.07, 6.45) is 0.992. The molecule has 0 aliphatic rings. The minimum absolute atomic E-state index is 0.346. The van der Waals surface area contributed by atoms with Gasteiger partial charge < -0.3 is 5.11 Å². The van der Waals surface area contributed by atoms with Gasteiger partial charge in [-0.1, -0.05) is 19.1 Å². The molecule has 0 fully saturated rings. The van der Waals surface area contributed by atoms with E-state index in [0.717, 1.165) is 22.8 Å². The Balaban J connectivity index is 1.99. The zero-order valence-corrected chi connectivity index (χ0v) is 10.6. The van der Waals surface area contributed by atoms with Crippen molar-refractivity contribution in [3.8, 4) is 5.75 Å². The van der Waals surface area contributed by atoms with Crippen LogP contribution in [0, 0.1) is 0 Å². The Morgan fingerprint density at radius 2 is 2.19 bits per heavy atom. The van der Waals surface area contributed by atoms with Gasteiger partial charge in [-0.2, -0.15) is 0 Å². The van der Waals surface area contributed by atoms with E-state index < -0.39 is 0 Å². The van der Waals surface area contributed by atoms with Crippen molar-refractivity contribution in [2.75, 3.05) is 0 Å². The van der Waals surface area contributed by atoms with Crippen molar-refractivity contribution in [3.63, 3.8) is 0 Å². The SMILES string of the molecule is CCc1nc(CSc2ccccc2O)cs1. The van der Waals surface area contributed by atoms with E-state index in [9.17, 15) is 5.11 Å². The predicted molar refractivity (Wildman–Crippen MR) is 69.2 cm³/mol. The Labute approximate surface area is 103 Å². The summed E-state index contributed by atoms with van der Waals surface area (Å²) < 4.78 is 0. The van der Waals surface area contributed by atoms with E-state index in [-0.39, 0.29) is 0 Å². The molecule has 84 valence electrons. The summed E-state index contributed by atoms with van der Waals surface area (Å²) in [4.78, 5) is 5.40. The summed E-state index contributed by atoms with van der Waals surface area (Å²) in [7, 11) is 0. The molecule has 0 unspecified atom stereocenters. The average Bonchev–Trinajstić information content (AvgIpc) is 2.76. The summed E-state index contributed by atoms with van der Waals surface area (Å²) in [5.74, 6) is 1.16. The minimum atomic E-state index is 0.346. The summed E-state index contributed by atoms with van der Waals surface area (Å²) in [6, 6.07) is 7.39. The third-order valence-electron chi connectivity index (χ3n) is 2.14. The van der Waals surface area contributed by atoms with Crippen LogP contribution in [0.1, 0.15) is 17.6 Å². The number of hydrogen-bond acceptors (Lipinski definition) is 4. The van der Waals surface area contributed by atoms with Crippen LogP contribution in [0.4, 0.5) is 0 Å². The highest BCUT2D eigenvalue weighted by Gasteiger charge is 2.04. The number of aromatic nitrogens is 1. The first-order valence-corrected chi connectivity index (χ1v) is 7.00. The third kappa shape index (κ3) is 2.77. The molecule has 2 nitrogen and oxygen atoms in total. The van der Waals surface area contributed by atoms with Gasteiger partial charge in [0.05, 0.1) is 10.7 Å². The van der Waals surface area contributed by atoms with E-state index >= 15 is 0 Å². The number of rotatable bonds is 4. The third-order valence-corrected chi connectivity index (χ3v) is 4.28. The van der Waals surface area contributed by atoms with Crippen LogP contribution in [0.2, 0.25) is 0 Å². The summed E-state index contributed by atoms with van der Waals surface area (Å²) in [5, 5.41) is 12.9. The van der Waals surface area contributed by atoms with Gasteiger partial charge in [0.1, 0.15) is 5.75 Å². The van der Waals surface area contributed by atoms with Gasteiger partial charge in [-0.05, 0) is 18.6 Å². The lowest BCUT2D eigenvalue weighted by Gasteiger charge is -2.01. The lowest BCUT2D eigenvalue weighted by Crippen LogP contribution is -1.83. The van der Waals surface area contributed by atoms with Crippen molar-refractivity contribution in [1.29, 1.82) is 0 Å². The Morgan fingerprint density at radius 3 is 2.88 bits per heavy atom. The quantitative estimate of drug-likeness (QED) is 0.841. The van der Waals surface area contributed by atoms with Crippen molar-refractivity contribution in [3.05, 3.63) is 40.3 Å². The van der Waals surface area contributed by atoms with Crippen molar-refractivity contribution in [2.45, 2.75) is 24.0 Å². The molecular formula is C12H13NOS2. The standard InChI is InChI=1S/C12H13NOS2/c1-2-12-13-9(8-16-12)7-15-11-6-4-3-5-10(11)14/h3-6,8,14H,2,7H2,1H3. The highest BCUT2D eigenvalue weighted by molar-refractivity contribution is 7.98. The van der Waals surface area contributed by atoms with E-state index in [1.807, 2.05) is 18.2 Å². The van der Waals surface area contributed by atoms with Gasteiger partial charge in [0, 0.05) is 16.0 Å². The molecule has 16 heavy (non-hydrogen) atoms. The molecule has 1 N–H and O–H groups in total. The number of para-hydroxylation sites is 1. The summed E-state index contributed by atoms with van der Waals surface area (Å²) >= 11 is 3.32. The van der Waals surface area contributed by atoms with Crippen molar-refractivity contribution >= 4 is 23.1 Å². The van der Waals surface area contributed by atoms with Gasteiger partial charge in [-0.3, -0.25) is 0 Å². The number of aromatic hydroxyl groups is 1. The van der Waals surface area contributed by atoms with E-state index in [0.29, 0.717) is 5.75 Å². The molecule has 0 radical (unpaired) electrons. The zero-order chi connectivity index (χ0) is 11.4. The molecule has 0 saturated heterocycles. The number of thiazole rings is 1. The fourth-order valence-electron chi connectivity index (χ4n) is 1.31. The number of phenols is 1. The molecule has 0 aliphatic heterocycles. The Morgan fingerprint density at radius 1 is 1.38 bits per heavy atom. The normalized spacial score (nSPS) is 10.6. The van der Waals surface area contributed by atoms with Crippen molar-refractivity contribution in [1.82, 2.24) is 4.98 Å². The second-order valence-corrected chi connectivity index (χ2v) is 5.30. The molecular weight excluding hydrogens is 238 g/mol. The van der Waals surface area contributed by atoms with Gasteiger partial charge >= 0.3 is 0 Å². The number of phenolic OH excluding ortho intramolecular Hbond substituents is 1. The van der Waals surface area contributed by atoms with Crippen molar-refractivity contribution in [2.24, 2.45) is 0 Å². The van der Waals surface area contributed by atoms with E-state index in [4.69, 9.17) is 0 Å². The first kappa shape index (κ1) is 11.5. The van der Waals surface area contributed by atoms with Gasteiger partial charge in [-0.15, -0.1) is 23.1 Å². The van der Waals surface area contributed by atoms with Gasteiger partial charge in [-0.25, -0.2) is 4.98 Å². The molecule has 0 amide bonds. The molecule has 2 aromatic rings. The van der Waals surface area contributed by atoms with Crippen LogP contribution in [-0.4, -0.2) is 10.1 Å². The summed E-state index contributed by atoms with van der Waals surface area (Å²) in [6.45, 7) is 2.11. The highest BCUT2D eigenvalue weighted by atomic mass is 32.2. The van der Waals surface area contributed by atoms with Gasteiger partial charge in [0.2, 0.25) is 0 Å². The number of thioether (sulfide) groups is 1. The van der Waals surface area contributed by atoms with E-state index in [1.165, 1.54) is 5.01 Å². The maximum absolute atomic E-state index is 9.60. The van der Waals surface area contributed by atoms with Crippen LogP contribution < -0.4 is 0 Å². The molecule has 4 heteroatoms. The maximum atomic E-state index is 9.60. The minimum Gasteiger partial charge on any atom is -0.507 e. The smallest absolute Gasteiger partial charge is 0.129 e. The fraction of sp³-hybridized carbons (Fsp3) is 0.250. The molecule has 0 saturated carbocycles. The van der Waals surface area contributed by atoms with Gasteiger partial charge in [0.15, 0.2) is 0 Å². The molecule has 0 bridgehead atoms. The topological polar surface area (TPSA) is 33.1 Å². The van der Waals surface area contributed by atoms with Crippen LogP contribution in [0.3, 0.4) is 0 Å². The first-order valence-electron chi connectivity index (χ1n) is 5.13. The lowest BCUT2D eigenvalue weighted by atomic mass is 10.3. The number of hydrogen-bond donors (Lipinski definition) is 1. The largest absolute Gasteiger partial charge is 0.507 e. The van der Waals surface area contributed by atoms with Crippen LogP contribution in [0.15, 0.2) is 34.5 Å². The lowest BCUT2D eigenvalue weighted by molar-refractivity contribution is 0.462. The molecule has 1 aromatic heterocycles. The molecule has 0 aliphatic carbocycles. The molecule has 0 spiro atoms. The maximum Gasteiger partial charge on any atom is 0.129 e. The first-order chi connectivity index (χ1) is 7.79. The van der Waals surface area contributed by atoms with Crippen LogP contribution in [-0.2, 0) is 12.2 Å². The Hall–Kier alpha value is -1.00. The Kier molecular flexibility index (Phi) is 3.85. The second-order valence-electron chi connectivity index (χ2n) is 3.34. The van der Waals surface area contributed by atoms with Crippen LogP contribution >= 0.6 is 23.1 Å². The molecule has 0 atom stereocenters. The monoisotopic (exact) mass is 251 g/mol. The molecule has 1 heterocycles. The Bertz CT molecular complexity index is 468. The molecule has 1 aromatic carbocycles. The van der Waals surface area contributed by atoms with E-state index in [2.05, 4.69) is 17.3 Å². The van der Waals surface area contributed by atoms with Crippen LogP contribution in [0.5, 0.6) is 5.75 Å². The zero-order valence-electron chi connectivity index (χ0n) is 9.01. The number of benzene rings is 1. The average molecular weight is 251 g/mol.